The maximum Gasteiger partial charge on any atom is 0.252 e. The lowest BCUT2D eigenvalue weighted by Crippen LogP contribution is -2.40. The van der Waals surface area contributed by atoms with Gasteiger partial charge in [0.25, 0.3) is 5.91 Å². The molecule has 1 N–H and O–H groups in total. The first-order chi connectivity index (χ1) is 8.35. The van der Waals surface area contributed by atoms with Crippen molar-refractivity contribution in [3.63, 3.8) is 0 Å². The molecule has 100 valence electrons. The lowest BCUT2D eigenvalue weighted by Gasteiger charge is -2.25. The third-order valence-corrected chi connectivity index (χ3v) is 3.82. The van der Waals surface area contributed by atoms with Gasteiger partial charge in [0.15, 0.2) is 0 Å². The molecule has 5 heteroatoms. The zero-order chi connectivity index (χ0) is 13.8. The summed E-state index contributed by atoms with van der Waals surface area (Å²) in [6.07, 6.45) is 0. The highest BCUT2D eigenvalue weighted by Crippen LogP contribution is 2.18. The summed E-state index contributed by atoms with van der Waals surface area (Å²) in [6, 6.07) is 5.65. The first kappa shape index (κ1) is 15.9. The molecule has 0 aromatic heterocycles. The van der Waals surface area contributed by atoms with Crippen LogP contribution in [-0.2, 0) is 4.74 Å². The van der Waals surface area contributed by atoms with Crippen LogP contribution in [0.15, 0.2) is 22.7 Å². The molecule has 0 unspecified atom stereocenters. The van der Waals surface area contributed by atoms with Gasteiger partial charge in [-0.15, -0.1) is 0 Å². The SMILES string of the molecule is CCOC(C)(C)CNC(=O)c1cc(Br)ccc1I. The van der Waals surface area contributed by atoms with Crippen LogP contribution in [-0.4, -0.2) is 24.7 Å². The maximum atomic E-state index is 12.1. The lowest BCUT2D eigenvalue weighted by atomic mass is 10.1. The Balaban J connectivity index is 2.69. The zero-order valence-electron chi connectivity index (χ0n) is 10.7. The van der Waals surface area contributed by atoms with Crippen molar-refractivity contribution in [1.82, 2.24) is 5.32 Å². The average molecular weight is 426 g/mol. The van der Waals surface area contributed by atoms with E-state index in [1.54, 1.807) is 0 Å². The summed E-state index contributed by atoms with van der Waals surface area (Å²) in [6.45, 7) is 6.99. The molecule has 1 aromatic carbocycles. The Morgan fingerprint density at radius 3 is 2.78 bits per heavy atom. The standard InChI is InChI=1S/C13H17BrINO2/c1-4-18-13(2,3)8-16-12(17)10-7-9(14)5-6-11(10)15/h5-7H,4,8H2,1-3H3,(H,16,17). The van der Waals surface area contributed by atoms with Gasteiger partial charge in [-0.3, -0.25) is 4.79 Å². The predicted octanol–water partition coefficient (Wildman–Crippen LogP) is 3.60. The Morgan fingerprint density at radius 2 is 2.17 bits per heavy atom. The fraction of sp³-hybridized carbons (Fsp3) is 0.462. The van der Waals surface area contributed by atoms with E-state index in [0.717, 1.165) is 8.04 Å². The van der Waals surface area contributed by atoms with Crippen molar-refractivity contribution in [2.45, 2.75) is 26.4 Å². The topological polar surface area (TPSA) is 38.3 Å². The third kappa shape index (κ3) is 4.85. The van der Waals surface area contributed by atoms with Crippen molar-refractivity contribution in [2.75, 3.05) is 13.2 Å². The van der Waals surface area contributed by atoms with Crippen LogP contribution in [0.1, 0.15) is 31.1 Å². The summed E-state index contributed by atoms with van der Waals surface area (Å²) >= 11 is 5.53. The predicted molar refractivity (Wildman–Crippen MR) is 84.9 cm³/mol. The van der Waals surface area contributed by atoms with Gasteiger partial charge in [0, 0.05) is 21.2 Å². The summed E-state index contributed by atoms with van der Waals surface area (Å²) in [4.78, 5) is 12.1. The minimum absolute atomic E-state index is 0.0755. The fourth-order valence-corrected chi connectivity index (χ4v) is 2.44. The first-order valence-corrected chi connectivity index (χ1v) is 7.60. The Hall–Kier alpha value is -0.140. The number of hydrogen-bond donors (Lipinski definition) is 1. The molecule has 1 aromatic rings. The minimum atomic E-state index is -0.345. The Labute approximate surface area is 130 Å². The lowest BCUT2D eigenvalue weighted by molar-refractivity contribution is -0.00816. The van der Waals surface area contributed by atoms with E-state index in [2.05, 4.69) is 43.8 Å². The number of benzene rings is 1. The molecular weight excluding hydrogens is 409 g/mol. The van der Waals surface area contributed by atoms with E-state index in [1.807, 2.05) is 39.0 Å². The number of carbonyl (C=O) groups excluding carboxylic acids is 1. The number of amides is 1. The molecular formula is C13H17BrINO2. The number of carbonyl (C=O) groups is 1. The van der Waals surface area contributed by atoms with Gasteiger partial charge in [0.05, 0.1) is 11.2 Å². The van der Waals surface area contributed by atoms with Crippen LogP contribution in [0.5, 0.6) is 0 Å². The van der Waals surface area contributed by atoms with Gasteiger partial charge in [-0.2, -0.15) is 0 Å². The van der Waals surface area contributed by atoms with Crippen LogP contribution in [0.4, 0.5) is 0 Å². The van der Waals surface area contributed by atoms with Gasteiger partial charge in [-0.05, 0) is 61.6 Å². The quantitative estimate of drug-likeness (QED) is 0.732. The Kier molecular flexibility index (Phi) is 6.07. The molecule has 0 saturated heterocycles. The second-order valence-electron chi connectivity index (χ2n) is 4.50. The van der Waals surface area contributed by atoms with E-state index in [0.29, 0.717) is 18.7 Å². The molecule has 0 spiro atoms. The molecule has 0 aliphatic heterocycles. The molecule has 1 rings (SSSR count). The van der Waals surface area contributed by atoms with Crippen molar-refractivity contribution in [1.29, 1.82) is 0 Å². The third-order valence-electron chi connectivity index (χ3n) is 2.38. The van der Waals surface area contributed by atoms with Gasteiger partial charge in [0.2, 0.25) is 0 Å². The summed E-state index contributed by atoms with van der Waals surface area (Å²) in [7, 11) is 0. The van der Waals surface area contributed by atoms with Crippen molar-refractivity contribution in [3.05, 3.63) is 31.8 Å². The van der Waals surface area contributed by atoms with Gasteiger partial charge in [-0.25, -0.2) is 0 Å². The summed E-state index contributed by atoms with van der Waals surface area (Å²) < 4.78 is 7.38. The van der Waals surface area contributed by atoms with E-state index < -0.39 is 0 Å². The molecule has 0 bridgehead atoms. The van der Waals surface area contributed by atoms with Crippen molar-refractivity contribution in [3.8, 4) is 0 Å². The molecule has 0 fully saturated rings. The number of halogens is 2. The summed E-state index contributed by atoms with van der Waals surface area (Å²) in [5, 5.41) is 2.90. The van der Waals surface area contributed by atoms with Crippen molar-refractivity contribution >= 4 is 44.4 Å². The highest BCUT2D eigenvalue weighted by Gasteiger charge is 2.19. The average Bonchev–Trinajstić information content (AvgIpc) is 2.29. The van der Waals surface area contributed by atoms with Crippen LogP contribution >= 0.6 is 38.5 Å². The molecule has 0 aliphatic carbocycles. The first-order valence-electron chi connectivity index (χ1n) is 5.73. The molecule has 0 saturated carbocycles. The van der Waals surface area contributed by atoms with E-state index in [-0.39, 0.29) is 11.5 Å². The van der Waals surface area contributed by atoms with Crippen molar-refractivity contribution < 1.29 is 9.53 Å². The van der Waals surface area contributed by atoms with Crippen molar-refractivity contribution in [2.24, 2.45) is 0 Å². The van der Waals surface area contributed by atoms with Crippen LogP contribution < -0.4 is 5.32 Å². The zero-order valence-corrected chi connectivity index (χ0v) is 14.5. The van der Waals surface area contributed by atoms with Gasteiger partial charge in [-0.1, -0.05) is 15.9 Å². The Morgan fingerprint density at radius 1 is 1.50 bits per heavy atom. The molecule has 18 heavy (non-hydrogen) atoms. The highest BCUT2D eigenvalue weighted by atomic mass is 127. The van der Waals surface area contributed by atoms with Crippen LogP contribution in [0.25, 0.3) is 0 Å². The normalized spacial score (nSPS) is 11.4. The number of nitrogens with one attached hydrogen (secondary N) is 1. The van der Waals surface area contributed by atoms with Gasteiger partial charge >= 0.3 is 0 Å². The van der Waals surface area contributed by atoms with Gasteiger partial charge < -0.3 is 10.1 Å². The number of hydrogen-bond acceptors (Lipinski definition) is 2. The maximum absolute atomic E-state index is 12.1. The minimum Gasteiger partial charge on any atom is -0.374 e. The molecule has 0 heterocycles. The highest BCUT2D eigenvalue weighted by molar-refractivity contribution is 14.1. The molecule has 1 amide bonds. The second kappa shape index (κ2) is 6.86. The summed E-state index contributed by atoms with van der Waals surface area (Å²) in [5.74, 6) is -0.0755. The molecule has 0 atom stereocenters. The molecule has 3 nitrogen and oxygen atoms in total. The van der Waals surface area contributed by atoms with E-state index in [4.69, 9.17) is 4.74 Å². The van der Waals surface area contributed by atoms with E-state index in [9.17, 15) is 4.79 Å². The largest absolute Gasteiger partial charge is 0.374 e. The molecule has 0 aliphatic rings. The van der Waals surface area contributed by atoms with E-state index in [1.165, 1.54) is 0 Å². The second-order valence-corrected chi connectivity index (χ2v) is 6.58. The van der Waals surface area contributed by atoms with Gasteiger partial charge in [0.1, 0.15) is 0 Å². The number of rotatable bonds is 5. The summed E-state index contributed by atoms with van der Waals surface area (Å²) in [5.41, 5.74) is 0.333. The van der Waals surface area contributed by atoms with Crippen LogP contribution in [0.2, 0.25) is 0 Å². The van der Waals surface area contributed by atoms with Crippen LogP contribution in [0.3, 0.4) is 0 Å². The van der Waals surface area contributed by atoms with E-state index >= 15 is 0 Å². The monoisotopic (exact) mass is 425 g/mol. The smallest absolute Gasteiger partial charge is 0.252 e. The Bertz CT molecular complexity index is 435. The fourth-order valence-electron chi connectivity index (χ4n) is 1.50. The number of ether oxygens (including phenoxy) is 1. The molecule has 0 radical (unpaired) electrons. The van der Waals surface area contributed by atoms with Crippen LogP contribution in [0, 0.1) is 3.57 Å².